The maximum absolute atomic E-state index is 12.4. The molecule has 0 aliphatic heterocycles. The Balaban J connectivity index is 1.92. The van der Waals surface area contributed by atoms with E-state index in [1.807, 2.05) is 6.07 Å². The summed E-state index contributed by atoms with van der Waals surface area (Å²) in [6.45, 7) is 0.0229. The van der Waals surface area contributed by atoms with Crippen LogP contribution in [0.4, 0.5) is 4.79 Å². The monoisotopic (exact) mass is 399 g/mol. The lowest BCUT2D eigenvalue weighted by Gasteiger charge is -2.18. The lowest BCUT2D eigenvalue weighted by molar-refractivity contribution is -0.153. The third-order valence-electron chi connectivity index (χ3n) is 3.78. The van der Waals surface area contributed by atoms with Crippen molar-refractivity contribution in [3.63, 3.8) is 0 Å². The number of carbonyl (C=O) groups is 4. The van der Waals surface area contributed by atoms with Crippen LogP contribution >= 0.6 is 0 Å². The number of nitrogens with one attached hydrogen (secondary N) is 3. The average Bonchev–Trinajstić information content (AvgIpc) is 2.76. The highest BCUT2D eigenvalue weighted by Gasteiger charge is 2.25. The quantitative estimate of drug-likeness (QED) is 0.376. The van der Waals surface area contributed by atoms with Crippen LogP contribution in [0.25, 0.3) is 0 Å². The zero-order valence-electron chi connectivity index (χ0n) is 15.7. The fraction of sp³-hybridized carbons (Fsp3) is 0.200. The fourth-order valence-electron chi connectivity index (χ4n) is 2.33. The third-order valence-corrected chi connectivity index (χ3v) is 3.78. The number of hydrogen-bond acceptors (Lipinski definition) is 6. The third kappa shape index (κ3) is 7.33. The molecule has 2 rings (SSSR count). The number of esters is 1. The van der Waals surface area contributed by atoms with Gasteiger partial charge in [0.05, 0.1) is 7.11 Å². The summed E-state index contributed by atoms with van der Waals surface area (Å²) in [6, 6.07) is 16.7. The number of rotatable bonds is 6. The van der Waals surface area contributed by atoms with Gasteiger partial charge in [0.25, 0.3) is 5.91 Å². The van der Waals surface area contributed by atoms with Crippen molar-refractivity contribution in [1.82, 2.24) is 16.2 Å². The van der Waals surface area contributed by atoms with Gasteiger partial charge in [0.15, 0.2) is 0 Å². The van der Waals surface area contributed by atoms with Crippen molar-refractivity contribution < 1.29 is 28.7 Å². The number of amides is 3. The molecule has 0 aliphatic carbocycles. The minimum absolute atomic E-state index is 0.0229. The molecule has 152 valence electrons. The number of hydrogen-bond donors (Lipinski definition) is 3. The second-order valence-electron chi connectivity index (χ2n) is 5.88. The predicted octanol–water partition coefficient (Wildman–Crippen LogP) is 0.844. The molecule has 3 amide bonds. The smallest absolute Gasteiger partial charge is 0.426 e. The first-order valence-electron chi connectivity index (χ1n) is 8.69. The molecule has 0 heterocycles. The van der Waals surface area contributed by atoms with Crippen LogP contribution in [0.5, 0.6) is 0 Å². The van der Waals surface area contributed by atoms with Crippen LogP contribution in [0.2, 0.25) is 0 Å². The molecule has 29 heavy (non-hydrogen) atoms. The molecule has 1 atom stereocenters. The van der Waals surface area contributed by atoms with E-state index in [2.05, 4.69) is 20.9 Å². The van der Waals surface area contributed by atoms with E-state index < -0.39 is 29.9 Å². The lowest BCUT2D eigenvalue weighted by Crippen LogP contribution is -2.54. The van der Waals surface area contributed by atoms with Crippen molar-refractivity contribution in [2.24, 2.45) is 0 Å². The molecule has 2 aromatic rings. The van der Waals surface area contributed by atoms with E-state index >= 15 is 0 Å². The van der Waals surface area contributed by atoms with Gasteiger partial charge in [-0.3, -0.25) is 15.0 Å². The van der Waals surface area contributed by atoms with Gasteiger partial charge in [-0.25, -0.2) is 15.0 Å². The van der Waals surface area contributed by atoms with Crippen LogP contribution in [0, 0.1) is 0 Å². The van der Waals surface area contributed by atoms with Crippen molar-refractivity contribution >= 4 is 23.9 Å². The first-order chi connectivity index (χ1) is 14.0. The summed E-state index contributed by atoms with van der Waals surface area (Å²) in [7, 11) is 1.05. The fourth-order valence-corrected chi connectivity index (χ4v) is 2.33. The van der Waals surface area contributed by atoms with Crippen LogP contribution in [0.1, 0.15) is 11.1 Å². The summed E-state index contributed by atoms with van der Waals surface area (Å²) >= 11 is 0. The molecule has 9 nitrogen and oxygen atoms in total. The maximum Gasteiger partial charge on any atom is 0.426 e. The van der Waals surface area contributed by atoms with Gasteiger partial charge in [-0.2, -0.15) is 0 Å². The Morgan fingerprint density at radius 1 is 0.862 bits per heavy atom. The van der Waals surface area contributed by atoms with E-state index in [1.165, 1.54) is 0 Å². The number of carbonyl (C=O) groups excluding carboxylic acids is 4. The van der Waals surface area contributed by atoms with Crippen molar-refractivity contribution in [2.45, 2.75) is 19.1 Å². The van der Waals surface area contributed by atoms with Gasteiger partial charge in [0, 0.05) is 6.42 Å². The SMILES string of the molecule is COC(=O)C(=O)N[C@@H](Cc1ccccc1)C(=O)NNC(=O)OCc1ccccc1. The van der Waals surface area contributed by atoms with Crippen molar-refractivity contribution in [1.29, 1.82) is 0 Å². The Bertz CT molecular complexity index is 842. The van der Waals surface area contributed by atoms with E-state index in [9.17, 15) is 19.2 Å². The Morgan fingerprint density at radius 2 is 1.45 bits per heavy atom. The lowest BCUT2D eigenvalue weighted by atomic mass is 10.1. The van der Waals surface area contributed by atoms with Crippen molar-refractivity contribution in [3.05, 3.63) is 71.8 Å². The maximum atomic E-state index is 12.4. The normalized spacial score (nSPS) is 10.9. The average molecular weight is 399 g/mol. The van der Waals surface area contributed by atoms with Crippen LogP contribution in [0.3, 0.4) is 0 Å². The van der Waals surface area contributed by atoms with Crippen LogP contribution in [-0.2, 0) is 36.9 Å². The van der Waals surface area contributed by atoms with E-state index in [0.29, 0.717) is 0 Å². The molecule has 2 aromatic carbocycles. The van der Waals surface area contributed by atoms with Crippen molar-refractivity contribution in [3.8, 4) is 0 Å². The summed E-state index contributed by atoms with van der Waals surface area (Å²) in [4.78, 5) is 47.3. The standard InChI is InChI=1S/C20H21N3O6/c1-28-19(26)18(25)21-16(12-14-8-4-2-5-9-14)17(24)22-23-20(27)29-13-15-10-6-3-7-11-15/h2-11,16H,12-13H2,1H3,(H,21,25)(H,22,24)(H,23,27)/t16-/m0/s1. The van der Waals surface area contributed by atoms with Gasteiger partial charge in [-0.05, 0) is 11.1 Å². The van der Waals surface area contributed by atoms with Gasteiger partial charge in [-0.1, -0.05) is 60.7 Å². The topological polar surface area (TPSA) is 123 Å². The minimum Gasteiger partial charge on any atom is -0.462 e. The Hall–Kier alpha value is -3.88. The molecule has 0 aliphatic rings. The molecule has 0 aromatic heterocycles. The molecule has 9 heteroatoms. The van der Waals surface area contributed by atoms with Crippen LogP contribution < -0.4 is 16.2 Å². The molecule has 0 unspecified atom stereocenters. The van der Waals surface area contributed by atoms with Gasteiger partial charge < -0.3 is 14.8 Å². The molecule has 0 radical (unpaired) electrons. The second kappa shape index (κ2) is 11.1. The van der Waals surface area contributed by atoms with Crippen LogP contribution in [0.15, 0.2) is 60.7 Å². The highest BCUT2D eigenvalue weighted by Crippen LogP contribution is 2.04. The largest absolute Gasteiger partial charge is 0.462 e. The summed E-state index contributed by atoms with van der Waals surface area (Å²) < 4.78 is 9.33. The van der Waals surface area contributed by atoms with Crippen LogP contribution in [-0.4, -0.2) is 37.0 Å². The van der Waals surface area contributed by atoms with Crippen molar-refractivity contribution in [2.75, 3.05) is 7.11 Å². The van der Waals surface area contributed by atoms with E-state index in [1.54, 1.807) is 54.6 Å². The first-order valence-corrected chi connectivity index (χ1v) is 8.69. The molecule has 3 N–H and O–H groups in total. The number of ether oxygens (including phenoxy) is 2. The van der Waals surface area contributed by atoms with E-state index in [-0.39, 0.29) is 13.0 Å². The molecular formula is C20H21N3O6. The summed E-state index contributed by atoms with van der Waals surface area (Å²) in [5.74, 6) is -2.94. The number of methoxy groups -OCH3 is 1. The summed E-state index contributed by atoms with van der Waals surface area (Å²) in [5, 5.41) is 2.28. The van der Waals surface area contributed by atoms with Gasteiger partial charge in [0.1, 0.15) is 12.6 Å². The Kier molecular flexibility index (Phi) is 8.18. The molecule has 0 saturated carbocycles. The predicted molar refractivity (Wildman–Crippen MR) is 102 cm³/mol. The van der Waals surface area contributed by atoms with Gasteiger partial charge >= 0.3 is 18.0 Å². The molecular weight excluding hydrogens is 378 g/mol. The minimum atomic E-state index is -1.13. The highest BCUT2D eigenvalue weighted by atomic mass is 16.6. The second-order valence-corrected chi connectivity index (χ2v) is 5.88. The molecule has 0 fully saturated rings. The summed E-state index contributed by atoms with van der Waals surface area (Å²) in [6.07, 6.45) is -0.782. The Labute approximate surface area is 167 Å². The summed E-state index contributed by atoms with van der Waals surface area (Å²) in [5.41, 5.74) is 5.80. The highest BCUT2D eigenvalue weighted by molar-refractivity contribution is 6.32. The zero-order chi connectivity index (χ0) is 21.1. The molecule has 0 spiro atoms. The number of hydrazine groups is 1. The molecule has 0 bridgehead atoms. The van der Waals surface area contributed by atoms with Gasteiger partial charge in [0.2, 0.25) is 0 Å². The van der Waals surface area contributed by atoms with E-state index in [4.69, 9.17) is 4.74 Å². The Morgan fingerprint density at radius 3 is 2.03 bits per heavy atom. The first kappa shape index (κ1) is 21.4. The number of benzene rings is 2. The van der Waals surface area contributed by atoms with E-state index in [0.717, 1.165) is 18.2 Å². The molecule has 0 saturated heterocycles. The zero-order valence-corrected chi connectivity index (χ0v) is 15.7. The van der Waals surface area contributed by atoms with Gasteiger partial charge in [-0.15, -0.1) is 0 Å².